The second-order valence-electron chi connectivity index (χ2n) is 8.40. The summed E-state index contributed by atoms with van der Waals surface area (Å²) in [5.41, 5.74) is 2.84. The van der Waals surface area contributed by atoms with Gasteiger partial charge in [0.2, 0.25) is 0 Å². The zero-order chi connectivity index (χ0) is 22.6. The van der Waals surface area contributed by atoms with Crippen LogP contribution >= 0.6 is 11.8 Å². The molecule has 2 heterocycles. The van der Waals surface area contributed by atoms with E-state index in [1.165, 1.54) is 15.5 Å². The van der Waals surface area contributed by atoms with E-state index in [0.717, 1.165) is 16.0 Å². The molecule has 166 valence electrons. The minimum absolute atomic E-state index is 0.189. The van der Waals surface area contributed by atoms with Crippen LogP contribution in [-0.4, -0.2) is 33.4 Å². The van der Waals surface area contributed by atoms with E-state index >= 15 is 0 Å². The lowest BCUT2D eigenvalue weighted by Crippen LogP contribution is -2.22. The highest BCUT2D eigenvalue weighted by Crippen LogP contribution is 2.30. The van der Waals surface area contributed by atoms with Crippen LogP contribution in [0.2, 0.25) is 0 Å². The predicted molar refractivity (Wildman–Crippen MR) is 127 cm³/mol. The van der Waals surface area contributed by atoms with Crippen molar-refractivity contribution in [2.45, 2.75) is 42.8 Å². The number of hydrogen-bond donors (Lipinski definition) is 1. The van der Waals surface area contributed by atoms with Crippen molar-refractivity contribution in [3.8, 4) is 11.1 Å². The zero-order valence-corrected chi connectivity index (χ0v) is 19.3. The molecule has 0 saturated carbocycles. The molecule has 2 aromatic carbocycles. The molecular weight excluding hydrogens is 422 g/mol. The maximum Gasteiger partial charge on any atom is 0.274 e. The van der Waals surface area contributed by atoms with Crippen molar-refractivity contribution in [1.29, 1.82) is 0 Å². The molecule has 0 spiro atoms. The quantitative estimate of drug-likeness (QED) is 0.376. The van der Waals surface area contributed by atoms with Crippen LogP contribution in [0.3, 0.4) is 0 Å². The minimum atomic E-state index is -0.196. The van der Waals surface area contributed by atoms with Gasteiger partial charge in [-0.1, -0.05) is 42.1 Å². The summed E-state index contributed by atoms with van der Waals surface area (Å²) in [5, 5.41) is 4.27. The number of H-pyrrole nitrogens is 1. The molecule has 0 fully saturated rings. The Kier molecular flexibility index (Phi) is 6.79. The summed E-state index contributed by atoms with van der Waals surface area (Å²) in [4.78, 5) is 18.2. The molecule has 6 nitrogen and oxygen atoms in total. The average molecular weight is 450 g/mol. The maximum atomic E-state index is 12.5. The van der Waals surface area contributed by atoms with Crippen molar-refractivity contribution in [1.82, 2.24) is 14.6 Å². The average Bonchev–Trinajstić information content (AvgIpc) is 3.19. The molecule has 4 aromatic rings. The second-order valence-corrected chi connectivity index (χ2v) is 9.55. The molecule has 0 saturated heterocycles. The van der Waals surface area contributed by atoms with Crippen LogP contribution in [0.1, 0.15) is 26.5 Å². The Labute approximate surface area is 191 Å². The molecule has 0 bridgehead atoms. The van der Waals surface area contributed by atoms with Gasteiger partial charge in [-0.3, -0.25) is 4.79 Å². The third-order valence-corrected chi connectivity index (χ3v) is 5.73. The number of nitrogens with zero attached hydrogens (tertiary/aromatic N) is 2. The number of rotatable bonds is 8. The van der Waals surface area contributed by atoms with Gasteiger partial charge in [-0.15, -0.1) is 0 Å². The summed E-state index contributed by atoms with van der Waals surface area (Å²) in [5.74, 6) is 0. The fourth-order valence-corrected chi connectivity index (χ4v) is 4.08. The molecule has 2 aromatic heterocycles. The molecule has 4 rings (SSSR count). The number of nitrogens with one attached hydrogen (secondary N) is 1. The van der Waals surface area contributed by atoms with Gasteiger partial charge in [0.25, 0.3) is 5.56 Å². The summed E-state index contributed by atoms with van der Waals surface area (Å²) in [6.07, 6.45) is 1.72. The topological polar surface area (TPSA) is 68.6 Å². The fourth-order valence-electron chi connectivity index (χ4n) is 3.24. The SMILES string of the molecule is CC(C)(C)OCCOCc1cc(=O)n2ncc(-c3ccc(Sc4ccccc4)cc3)c2[nH]1. The maximum absolute atomic E-state index is 12.5. The van der Waals surface area contributed by atoms with Gasteiger partial charge in [0.15, 0.2) is 0 Å². The zero-order valence-electron chi connectivity index (χ0n) is 18.5. The fraction of sp³-hybridized carbons (Fsp3) is 0.280. The van der Waals surface area contributed by atoms with E-state index in [2.05, 4.69) is 34.3 Å². The van der Waals surface area contributed by atoms with E-state index in [-0.39, 0.29) is 11.2 Å². The molecule has 0 amide bonds. The van der Waals surface area contributed by atoms with Gasteiger partial charge in [0.05, 0.1) is 31.6 Å². The van der Waals surface area contributed by atoms with Gasteiger partial charge < -0.3 is 14.5 Å². The molecule has 7 heteroatoms. The van der Waals surface area contributed by atoms with Crippen molar-refractivity contribution in [3.05, 3.63) is 82.9 Å². The highest BCUT2D eigenvalue weighted by Gasteiger charge is 2.12. The smallest absolute Gasteiger partial charge is 0.274 e. The number of ether oxygens (including phenoxy) is 2. The number of fused-ring (bicyclic) bond motifs is 1. The van der Waals surface area contributed by atoms with Gasteiger partial charge in [-0.25, -0.2) is 0 Å². The normalized spacial score (nSPS) is 11.8. The van der Waals surface area contributed by atoms with Gasteiger partial charge in [-0.2, -0.15) is 9.61 Å². The first-order valence-electron chi connectivity index (χ1n) is 10.5. The highest BCUT2D eigenvalue weighted by atomic mass is 32.2. The molecular formula is C25H27N3O3S. The van der Waals surface area contributed by atoms with Crippen molar-refractivity contribution in [3.63, 3.8) is 0 Å². The van der Waals surface area contributed by atoms with Crippen molar-refractivity contribution in [2.75, 3.05) is 13.2 Å². The van der Waals surface area contributed by atoms with E-state index in [0.29, 0.717) is 31.2 Å². The largest absolute Gasteiger partial charge is 0.373 e. The Bertz CT molecular complexity index is 1230. The second kappa shape index (κ2) is 9.73. The van der Waals surface area contributed by atoms with Crippen molar-refractivity contribution < 1.29 is 9.47 Å². The lowest BCUT2D eigenvalue weighted by atomic mass is 10.1. The Morgan fingerprint density at radius 1 is 1.00 bits per heavy atom. The van der Waals surface area contributed by atoms with Crippen LogP contribution in [-0.2, 0) is 16.1 Å². The van der Waals surface area contributed by atoms with Crippen LogP contribution in [0.15, 0.2) is 81.4 Å². The minimum Gasteiger partial charge on any atom is -0.373 e. The summed E-state index contributed by atoms with van der Waals surface area (Å²) >= 11 is 1.71. The molecule has 1 N–H and O–H groups in total. The van der Waals surface area contributed by atoms with Crippen molar-refractivity contribution >= 4 is 17.4 Å². The van der Waals surface area contributed by atoms with E-state index in [1.54, 1.807) is 18.0 Å². The van der Waals surface area contributed by atoms with Crippen LogP contribution in [0.4, 0.5) is 0 Å². The highest BCUT2D eigenvalue weighted by molar-refractivity contribution is 7.99. The van der Waals surface area contributed by atoms with Crippen LogP contribution in [0.25, 0.3) is 16.8 Å². The number of benzene rings is 2. The first-order valence-corrected chi connectivity index (χ1v) is 11.4. The molecule has 0 aliphatic carbocycles. The molecule has 0 aliphatic rings. The van der Waals surface area contributed by atoms with Crippen molar-refractivity contribution in [2.24, 2.45) is 0 Å². The lowest BCUT2D eigenvalue weighted by molar-refractivity contribution is -0.0380. The molecule has 0 atom stereocenters. The third-order valence-electron chi connectivity index (χ3n) is 4.72. The molecule has 0 aliphatic heterocycles. The van der Waals surface area contributed by atoms with Crippen LogP contribution < -0.4 is 5.56 Å². The standard InChI is InChI=1S/C25H27N3O3S/c1-25(2,3)31-14-13-30-17-19-15-23(29)28-24(27-19)22(16-26-28)18-9-11-21(12-10-18)32-20-7-5-4-6-8-20/h4-12,15-16,27H,13-14,17H2,1-3H3. The number of aromatic nitrogens is 3. The van der Waals surface area contributed by atoms with Gasteiger partial charge in [0, 0.05) is 27.1 Å². The summed E-state index contributed by atoms with van der Waals surface area (Å²) in [6, 6.07) is 20.0. The summed E-state index contributed by atoms with van der Waals surface area (Å²) < 4.78 is 12.7. The Morgan fingerprint density at radius 2 is 1.72 bits per heavy atom. The van der Waals surface area contributed by atoms with Crippen LogP contribution in [0, 0.1) is 0 Å². The van der Waals surface area contributed by atoms with E-state index in [9.17, 15) is 4.79 Å². The van der Waals surface area contributed by atoms with Gasteiger partial charge in [0.1, 0.15) is 5.65 Å². The molecule has 0 unspecified atom stereocenters. The molecule has 32 heavy (non-hydrogen) atoms. The first-order chi connectivity index (χ1) is 15.4. The monoisotopic (exact) mass is 449 g/mol. The first kappa shape index (κ1) is 22.3. The lowest BCUT2D eigenvalue weighted by Gasteiger charge is -2.19. The Morgan fingerprint density at radius 3 is 2.44 bits per heavy atom. The van der Waals surface area contributed by atoms with E-state index in [1.807, 2.05) is 51.1 Å². The van der Waals surface area contributed by atoms with E-state index < -0.39 is 0 Å². The number of hydrogen-bond acceptors (Lipinski definition) is 5. The van der Waals surface area contributed by atoms with Crippen LogP contribution in [0.5, 0.6) is 0 Å². The van der Waals surface area contributed by atoms with Gasteiger partial charge >= 0.3 is 0 Å². The van der Waals surface area contributed by atoms with E-state index in [4.69, 9.17) is 9.47 Å². The molecule has 0 radical (unpaired) electrons. The summed E-state index contributed by atoms with van der Waals surface area (Å²) in [6.45, 7) is 7.28. The Balaban J connectivity index is 1.49. The third kappa shape index (κ3) is 5.68. The van der Waals surface area contributed by atoms with Gasteiger partial charge in [-0.05, 0) is 50.6 Å². The predicted octanol–water partition coefficient (Wildman–Crippen LogP) is 5.17. The Hall–Kier alpha value is -2.87. The number of aromatic amines is 1. The summed E-state index contributed by atoms with van der Waals surface area (Å²) in [7, 11) is 0.